The number of hydrogen-bond donors (Lipinski definition) is 0. The predicted molar refractivity (Wildman–Crippen MR) is 69.4 cm³/mol. The van der Waals surface area contributed by atoms with Crippen molar-refractivity contribution in [1.82, 2.24) is 4.90 Å². The van der Waals surface area contributed by atoms with Gasteiger partial charge in [-0.2, -0.15) is 0 Å². The van der Waals surface area contributed by atoms with Crippen LogP contribution >= 0.6 is 0 Å². The van der Waals surface area contributed by atoms with Crippen molar-refractivity contribution in [3.63, 3.8) is 0 Å². The van der Waals surface area contributed by atoms with E-state index in [1.807, 2.05) is 0 Å². The highest BCUT2D eigenvalue weighted by atomic mass is 19.1. The Balaban J connectivity index is 1.82. The van der Waals surface area contributed by atoms with Gasteiger partial charge in [-0.1, -0.05) is 0 Å². The first kappa shape index (κ1) is 12.9. The smallest absolute Gasteiger partial charge is 0.410 e. The zero-order chi connectivity index (χ0) is 13.4. The van der Waals surface area contributed by atoms with E-state index >= 15 is 0 Å². The molecule has 3 fully saturated rings. The number of carbonyl (C=O) groups excluding carboxylic acids is 1. The monoisotopic (exact) mass is 269 g/mol. The Morgan fingerprint density at radius 3 is 2.84 bits per heavy atom. The first-order valence-corrected chi connectivity index (χ1v) is 7.42. The minimum absolute atomic E-state index is 0.145. The van der Waals surface area contributed by atoms with Gasteiger partial charge in [0.2, 0.25) is 0 Å². The van der Waals surface area contributed by atoms with Gasteiger partial charge >= 0.3 is 6.09 Å². The van der Waals surface area contributed by atoms with E-state index in [0.717, 1.165) is 44.5 Å². The van der Waals surface area contributed by atoms with Crippen LogP contribution < -0.4 is 0 Å². The van der Waals surface area contributed by atoms with Gasteiger partial charge in [-0.3, -0.25) is 4.90 Å². The van der Waals surface area contributed by atoms with Crippen LogP contribution in [0.2, 0.25) is 0 Å². The van der Waals surface area contributed by atoms with Gasteiger partial charge in [0, 0.05) is 18.9 Å². The molecule has 3 atom stereocenters. The van der Waals surface area contributed by atoms with Gasteiger partial charge in [0.25, 0.3) is 0 Å². The van der Waals surface area contributed by atoms with Crippen molar-refractivity contribution >= 4 is 11.8 Å². The molecule has 4 nitrogen and oxygen atoms in total. The maximum absolute atomic E-state index is 14.7. The quantitative estimate of drug-likeness (QED) is 0.682. The third-order valence-corrected chi connectivity index (χ3v) is 4.64. The minimum Gasteiger partial charge on any atom is -0.450 e. The summed E-state index contributed by atoms with van der Waals surface area (Å²) >= 11 is 0. The summed E-state index contributed by atoms with van der Waals surface area (Å²) in [5, 5.41) is 0. The molecule has 2 bridgehead atoms. The van der Waals surface area contributed by atoms with Gasteiger partial charge in [-0.15, -0.1) is 0 Å². The van der Waals surface area contributed by atoms with E-state index in [1.54, 1.807) is 11.8 Å². The molecule has 3 aliphatic heterocycles. The zero-order valence-electron chi connectivity index (χ0n) is 11.5. The van der Waals surface area contributed by atoms with E-state index < -0.39 is 6.17 Å². The molecule has 0 aromatic heterocycles. The maximum atomic E-state index is 14.7. The lowest BCUT2D eigenvalue weighted by Crippen LogP contribution is -2.55. The number of rotatable bonds is 1. The van der Waals surface area contributed by atoms with Gasteiger partial charge in [-0.25, -0.2) is 13.8 Å². The fourth-order valence-electron chi connectivity index (χ4n) is 3.77. The Hall–Kier alpha value is -1.13. The first-order chi connectivity index (χ1) is 9.22. The van der Waals surface area contributed by atoms with Crippen LogP contribution in [0.15, 0.2) is 0 Å². The van der Waals surface area contributed by atoms with Crippen LogP contribution in [-0.2, 0) is 4.74 Å². The summed E-state index contributed by atoms with van der Waals surface area (Å²) in [6, 6.07) is -0.153. The standard InChI is InChI=1S/C14H22FN2O2/c1-2-19-14(18)17-10-5-6-11(17)13(15)12(9-10)16-7-3-4-8-16/h10-11,13H,2-9H2,1H3/q+1. The van der Waals surface area contributed by atoms with Crippen molar-refractivity contribution in [1.29, 1.82) is 0 Å². The number of halogens is 1. The molecule has 0 N–H and O–H groups in total. The summed E-state index contributed by atoms with van der Waals surface area (Å²) in [4.78, 5) is 13.6. The van der Waals surface area contributed by atoms with Gasteiger partial charge in [0.15, 0.2) is 11.9 Å². The molecular weight excluding hydrogens is 247 g/mol. The normalized spacial score (nSPS) is 34.0. The van der Waals surface area contributed by atoms with Crippen molar-refractivity contribution in [2.24, 2.45) is 0 Å². The molecule has 0 aromatic rings. The summed E-state index contributed by atoms with van der Waals surface area (Å²) in [5.41, 5.74) is 0.936. The second kappa shape index (κ2) is 5.10. The summed E-state index contributed by atoms with van der Waals surface area (Å²) < 4.78 is 22.0. The number of nitrogens with zero attached hydrogens (tertiary/aromatic N) is 2. The van der Waals surface area contributed by atoms with E-state index in [1.165, 1.54) is 0 Å². The van der Waals surface area contributed by atoms with Gasteiger partial charge < -0.3 is 4.74 Å². The van der Waals surface area contributed by atoms with Crippen molar-refractivity contribution in [2.45, 2.75) is 57.3 Å². The van der Waals surface area contributed by atoms with Crippen LogP contribution in [0, 0.1) is 0 Å². The molecule has 3 unspecified atom stereocenters. The Kier molecular flexibility index (Phi) is 3.46. The predicted octanol–water partition coefficient (Wildman–Crippen LogP) is 1.97. The lowest BCUT2D eigenvalue weighted by molar-refractivity contribution is -0.510. The van der Waals surface area contributed by atoms with Gasteiger partial charge in [0.05, 0.1) is 19.1 Å². The summed E-state index contributed by atoms with van der Waals surface area (Å²) in [5.74, 6) is 0. The maximum Gasteiger partial charge on any atom is 0.410 e. The van der Waals surface area contributed by atoms with Gasteiger partial charge in [-0.05, 0) is 19.8 Å². The van der Waals surface area contributed by atoms with E-state index in [-0.39, 0.29) is 18.2 Å². The fraction of sp³-hybridized carbons (Fsp3) is 0.857. The third-order valence-electron chi connectivity index (χ3n) is 4.64. The molecule has 19 heavy (non-hydrogen) atoms. The van der Waals surface area contributed by atoms with Crippen LogP contribution in [0.4, 0.5) is 9.18 Å². The molecule has 0 aromatic carbocycles. The molecule has 0 aliphatic carbocycles. The Labute approximate surface area is 113 Å². The second-order valence-corrected chi connectivity index (χ2v) is 5.70. The SMILES string of the molecule is CCOC(=O)N1C2CCC1C(F)C(=[N+]1CCCC1)C2. The number of alkyl halides is 1. The number of hydrogen-bond acceptors (Lipinski definition) is 2. The zero-order valence-corrected chi connectivity index (χ0v) is 11.5. The van der Waals surface area contributed by atoms with E-state index in [2.05, 4.69) is 4.58 Å². The molecule has 5 heteroatoms. The van der Waals surface area contributed by atoms with Crippen LogP contribution in [-0.4, -0.2) is 59.2 Å². The molecule has 3 aliphatic rings. The lowest BCUT2D eigenvalue weighted by atomic mass is 9.98. The molecule has 1 amide bonds. The molecule has 0 spiro atoms. The minimum atomic E-state index is -0.999. The molecular formula is C14H22FN2O2+. The summed E-state index contributed by atoms with van der Waals surface area (Å²) in [6.07, 6.45) is 3.35. The molecule has 0 radical (unpaired) electrons. The second-order valence-electron chi connectivity index (χ2n) is 5.70. The largest absolute Gasteiger partial charge is 0.450 e. The molecule has 0 saturated carbocycles. The topological polar surface area (TPSA) is 32.5 Å². The Morgan fingerprint density at radius 2 is 2.16 bits per heavy atom. The van der Waals surface area contributed by atoms with E-state index in [9.17, 15) is 9.18 Å². The highest BCUT2D eigenvalue weighted by Gasteiger charge is 2.52. The van der Waals surface area contributed by atoms with Crippen LogP contribution in [0.1, 0.15) is 39.0 Å². The molecule has 3 rings (SSSR count). The average Bonchev–Trinajstić information content (AvgIpc) is 3.02. The Morgan fingerprint density at radius 1 is 1.42 bits per heavy atom. The van der Waals surface area contributed by atoms with Crippen molar-refractivity contribution in [2.75, 3.05) is 19.7 Å². The number of fused-ring (bicyclic) bond motifs is 2. The van der Waals surface area contributed by atoms with E-state index in [4.69, 9.17) is 4.74 Å². The van der Waals surface area contributed by atoms with Crippen molar-refractivity contribution < 1.29 is 18.5 Å². The number of amides is 1. The summed E-state index contributed by atoms with van der Waals surface area (Å²) in [6.45, 7) is 4.11. The van der Waals surface area contributed by atoms with Crippen LogP contribution in [0.25, 0.3) is 0 Å². The molecule has 3 heterocycles. The van der Waals surface area contributed by atoms with Crippen LogP contribution in [0.5, 0.6) is 0 Å². The lowest BCUT2D eigenvalue weighted by Gasteiger charge is -2.35. The highest BCUT2D eigenvalue weighted by Crippen LogP contribution is 2.36. The summed E-state index contributed by atoms with van der Waals surface area (Å²) in [7, 11) is 0. The fourth-order valence-corrected chi connectivity index (χ4v) is 3.77. The average molecular weight is 269 g/mol. The third kappa shape index (κ3) is 2.13. The van der Waals surface area contributed by atoms with E-state index in [0.29, 0.717) is 13.0 Å². The number of ether oxygens (including phenoxy) is 1. The molecule has 3 saturated heterocycles. The first-order valence-electron chi connectivity index (χ1n) is 7.42. The number of carbonyl (C=O) groups is 1. The van der Waals surface area contributed by atoms with Crippen molar-refractivity contribution in [3.8, 4) is 0 Å². The highest BCUT2D eigenvalue weighted by molar-refractivity contribution is 5.88. The van der Waals surface area contributed by atoms with Crippen LogP contribution in [0.3, 0.4) is 0 Å². The number of piperidine rings is 1. The van der Waals surface area contributed by atoms with Gasteiger partial charge in [0.1, 0.15) is 13.1 Å². The Bertz CT molecular complexity index is 402. The molecule has 106 valence electrons. The van der Waals surface area contributed by atoms with Crippen molar-refractivity contribution in [3.05, 3.63) is 0 Å².